The maximum atomic E-state index is 10.5. The molecule has 0 amide bonds. The minimum Gasteiger partial charge on any atom is -0.303 e. The molecule has 1 fully saturated rings. The zero-order valence-electron chi connectivity index (χ0n) is 9.49. The van der Waals surface area contributed by atoms with Crippen LogP contribution >= 0.6 is 0 Å². The van der Waals surface area contributed by atoms with Crippen LogP contribution in [0.2, 0.25) is 0 Å². The van der Waals surface area contributed by atoms with Gasteiger partial charge in [0.2, 0.25) is 0 Å². The molecule has 0 heterocycles. The van der Waals surface area contributed by atoms with E-state index in [9.17, 15) is 4.79 Å². The molecule has 0 radical (unpaired) electrons. The van der Waals surface area contributed by atoms with E-state index in [0.29, 0.717) is 5.41 Å². The first-order valence-electron chi connectivity index (χ1n) is 5.69. The van der Waals surface area contributed by atoms with Crippen molar-refractivity contribution in [1.29, 1.82) is 0 Å². The lowest BCUT2D eigenvalue weighted by Crippen LogP contribution is -2.02. The molecule has 2 rings (SSSR count). The van der Waals surface area contributed by atoms with Crippen LogP contribution in [0, 0.1) is 5.92 Å². The Kier molecular flexibility index (Phi) is 2.64. The van der Waals surface area contributed by atoms with Crippen LogP contribution in [0.25, 0.3) is 0 Å². The lowest BCUT2D eigenvalue weighted by atomic mass is 9.95. The van der Waals surface area contributed by atoms with Crippen molar-refractivity contribution >= 4 is 6.29 Å². The molecular weight excluding hydrogens is 184 g/mol. The van der Waals surface area contributed by atoms with Gasteiger partial charge in [-0.2, -0.15) is 0 Å². The van der Waals surface area contributed by atoms with Gasteiger partial charge < -0.3 is 4.79 Å². The topological polar surface area (TPSA) is 17.1 Å². The first kappa shape index (κ1) is 10.4. The molecule has 0 spiro atoms. The highest BCUT2D eigenvalue weighted by Gasteiger charge is 2.38. The normalized spacial score (nSPS) is 19.6. The second-order valence-corrected chi connectivity index (χ2v) is 5.08. The molecule has 1 aliphatic carbocycles. The third-order valence-corrected chi connectivity index (χ3v) is 3.44. The molecule has 1 heteroatoms. The van der Waals surface area contributed by atoms with Gasteiger partial charge in [-0.3, -0.25) is 0 Å². The standard InChI is InChI=1S/C14H18O/c1-11(10-15)9-12-3-5-13(6-4-12)14(2)7-8-14/h3-6,10-11H,7-9H2,1-2H3. The maximum absolute atomic E-state index is 10.5. The molecule has 1 atom stereocenters. The van der Waals surface area contributed by atoms with E-state index in [-0.39, 0.29) is 5.92 Å². The zero-order valence-corrected chi connectivity index (χ0v) is 9.49. The Bertz CT molecular complexity index is 346. The number of aldehydes is 1. The van der Waals surface area contributed by atoms with Crippen LogP contribution in [0.3, 0.4) is 0 Å². The summed E-state index contributed by atoms with van der Waals surface area (Å²) in [7, 11) is 0. The van der Waals surface area contributed by atoms with E-state index < -0.39 is 0 Å². The molecule has 1 nitrogen and oxygen atoms in total. The predicted molar refractivity (Wildman–Crippen MR) is 62.0 cm³/mol. The summed E-state index contributed by atoms with van der Waals surface area (Å²) in [5.74, 6) is 0.132. The van der Waals surface area contributed by atoms with E-state index in [4.69, 9.17) is 0 Å². The Balaban J connectivity index is 2.07. The molecule has 1 aliphatic rings. The summed E-state index contributed by atoms with van der Waals surface area (Å²) in [5, 5.41) is 0. The molecule has 1 unspecified atom stereocenters. The molecule has 1 aromatic carbocycles. The number of carbonyl (C=O) groups is 1. The van der Waals surface area contributed by atoms with Gasteiger partial charge in [-0.25, -0.2) is 0 Å². The van der Waals surface area contributed by atoms with Gasteiger partial charge >= 0.3 is 0 Å². The predicted octanol–water partition coefficient (Wildman–Crippen LogP) is 3.12. The number of benzene rings is 1. The second-order valence-electron chi connectivity index (χ2n) is 5.08. The Morgan fingerprint density at radius 3 is 2.40 bits per heavy atom. The van der Waals surface area contributed by atoms with Crippen molar-refractivity contribution in [3.63, 3.8) is 0 Å². The van der Waals surface area contributed by atoms with Crippen molar-refractivity contribution in [3.8, 4) is 0 Å². The van der Waals surface area contributed by atoms with Crippen LogP contribution in [0.4, 0.5) is 0 Å². The van der Waals surface area contributed by atoms with E-state index in [0.717, 1.165) is 12.7 Å². The highest BCUT2D eigenvalue weighted by Crippen LogP contribution is 2.47. The Morgan fingerprint density at radius 2 is 1.93 bits per heavy atom. The van der Waals surface area contributed by atoms with Gasteiger partial charge in [-0.15, -0.1) is 0 Å². The highest BCUT2D eigenvalue weighted by atomic mass is 16.1. The molecule has 0 N–H and O–H groups in total. The Labute approximate surface area is 91.5 Å². The number of hydrogen-bond donors (Lipinski definition) is 0. The van der Waals surface area contributed by atoms with Crippen LogP contribution in [-0.2, 0) is 16.6 Å². The Hall–Kier alpha value is -1.11. The van der Waals surface area contributed by atoms with E-state index in [1.54, 1.807) is 0 Å². The lowest BCUT2D eigenvalue weighted by molar-refractivity contribution is -0.110. The average Bonchev–Trinajstić information content (AvgIpc) is 2.98. The summed E-state index contributed by atoms with van der Waals surface area (Å²) in [6.45, 7) is 4.28. The fraction of sp³-hybridized carbons (Fsp3) is 0.500. The molecule has 0 aliphatic heterocycles. The molecule has 0 saturated heterocycles. The number of hydrogen-bond acceptors (Lipinski definition) is 1. The first-order valence-corrected chi connectivity index (χ1v) is 5.69. The summed E-state index contributed by atoms with van der Waals surface area (Å²) in [5.41, 5.74) is 3.17. The minimum absolute atomic E-state index is 0.132. The summed E-state index contributed by atoms with van der Waals surface area (Å²) in [6, 6.07) is 8.78. The van der Waals surface area contributed by atoms with Crippen molar-refractivity contribution in [2.75, 3.05) is 0 Å². The van der Waals surface area contributed by atoms with E-state index in [1.807, 2.05) is 6.92 Å². The largest absolute Gasteiger partial charge is 0.303 e. The van der Waals surface area contributed by atoms with Crippen molar-refractivity contribution in [3.05, 3.63) is 35.4 Å². The number of carbonyl (C=O) groups excluding carboxylic acids is 1. The molecular formula is C14H18O. The minimum atomic E-state index is 0.132. The summed E-state index contributed by atoms with van der Waals surface area (Å²) >= 11 is 0. The van der Waals surface area contributed by atoms with Gasteiger partial charge in [-0.1, -0.05) is 38.1 Å². The van der Waals surface area contributed by atoms with Crippen LogP contribution in [-0.4, -0.2) is 6.29 Å². The summed E-state index contributed by atoms with van der Waals surface area (Å²) in [4.78, 5) is 10.5. The van der Waals surface area contributed by atoms with Crippen molar-refractivity contribution in [2.45, 2.75) is 38.5 Å². The fourth-order valence-electron chi connectivity index (χ4n) is 1.94. The zero-order chi connectivity index (χ0) is 10.9. The molecule has 0 bridgehead atoms. The molecule has 15 heavy (non-hydrogen) atoms. The summed E-state index contributed by atoms with van der Waals surface area (Å²) in [6.07, 6.45) is 4.52. The van der Waals surface area contributed by atoms with Crippen molar-refractivity contribution in [2.24, 2.45) is 5.92 Å². The van der Waals surface area contributed by atoms with Crippen LogP contribution < -0.4 is 0 Å². The quantitative estimate of drug-likeness (QED) is 0.686. The van der Waals surface area contributed by atoms with Crippen molar-refractivity contribution < 1.29 is 4.79 Å². The third kappa shape index (κ3) is 2.28. The van der Waals surface area contributed by atoms with Gasteiger partial charge in [0, 0.05) is 5.92 Å². The molecule has 80 valence electrons. The van der Waals surface area contributed by atoms with Gasteiger partial charge in [0.05, 0.1) is 0 Å². The maximum Gasteiger partial charge on any atom is 0.123 e. The SMILES string of the molecule is CC(C=O)Cc1ccc(C2(C)CC2)cc1. The van der Waals surface area contributed by atoms with Crippen LogP contribution in [0.15, 0.2) is 24.3 Å². The van der Waals surface area contributed by atoms with E-state index >= 15 is 0 Å². The average molecular weight is 202 g/mol. The van der Waals surface area contributed by atoms with Gasteiger partial charge in [0.15, 0.2) is 0 Å². The lowest BCUT2D eigenvalue weighted by Gasteiger charge is -2.10. The molecule has 0 aromatic heterocycles. The Morgan fingerprint density at radius 1 is 1.33 bits per heavy atom. The first-order chi connectivity index (χ1) is 7.14. The van der Waals surface area contributed by atoms with Gasteiger partial charge in [-0.05, 0) is 35.8 Å². The second kappa shape index (κ2) is 3.80. The van der Waals surface area contributed by atoms with Crippen LogP contribution in [0.1, 0.15) is 37.8 Å². The molecule has 1 saturated carbocycles. The smallest absolute Gasteiger partial charge is 0.123 e. The van der Waals surface area contributed by atoms with E-state index in [1.165, 1.54) is 24.0 Å². The van der Waals surface area contributed by atoms with Crippen molar-refractivity contribution in [1.82, 2.24) is 0 Å². The van der Waals surface area contributed by atoms with Gasteiger partial charge in [0.25, 0.3) is 0 Å². The highest BCUT2D eigenvalue weighted by molar-refractivity contribution is 5.53. The molecule has 1 aromatic rings. The van der Waals surface area contributed by atoms with Gasteiger partial charge in [0.1, 0.15) is 6.29 Å². The van der Waals surface area contributed by atoms with E-state index in [2.05, 4.69) is 31.2 Å². The summed E-state index contributed by atoms with van der Waals surface area (Å²) < 4.78 is 0. The fourth-order valence-corrected chi connectivity index (χ4v) is 1.94. The third-order valence-electron chi connectivity index (χ3n) is 3.44. The van der Waals surface area contributed by atoms with Crippen LogP contribution in [0.5, 0.6) is 0 Å². The number of rotatable bonds is 4. The monoisotopic (exact) mass is 202 g/mol.